The first-order chi connectivity index (χ1) is 10.3. The first kappa shape index (κ1) is 14.6. The Labute approximate surface area is 125 Å². The van der Waals surface area contributed by atoms with Gasteiger partial charge in [0.2, 0.25) is 23.5 Å². The van der Waals surface area contributed by atoms with Gasteiger partial charge in [0.1, 0.15) is 0 Å². The molecule has 1 aromatic carbocycles. The first-order valence-electron chi connectivity index (χ1n) is 6.94. The summed E-state index contributed by atoms with van der Waals surface area (Å²) in [4.78, 5) is 15.4. The molecule has 0 saturated heterocycles. The van der Waals surface area contributed by atoms with Gasteiger partial charge in [-0.1, -0.05) is 17.3 Å². The fraction of sp³-hybridized carbons (Fsp3) is 0.400. The van der Waals surface area contributed by atoms with E-state index in [2.05, 4.69) is 15.5 Å². The van der Waals surface area contributed by atoms with E-state index in [9.17, 15) is 13.6 Å². The van der Waals surface area contributed by atoms with Crippen LogP contribution in [-0.4, -0.2) is 22.0 Å². The predicted octanol–water partition coefficient (Wildman–Crippen LogP) is 3.52. The molecule has 1 aliphatic carbocycles. The van der Waals surface area contributed by atoms with Crippen molar-refractivity contribution in [2.24, 2.45) is 0 Å². The molecular weight excluding hydrogens is 292 g/mol. The van der Waals surface area contributed by atoms with Crippen LogP contribution in [-0.2, 0) is 4.79 Å². The molecule has 0 unspecified atom stereocenters. The van der Waals surface area contributed by atoms with E-state index in [1.807, 2.05) is 13.0 Å². The molecule has 1 fully saturated rings. The molecule has 1 aromatic heterocycles. The molecule has 5 nitrogen and oxygen atoms in total. The lowest BCUT2D eigenvalue weighted by Gasteiger charge is -2.31. The van der Waals surface area contributed by atoms with Gasteiger partial charge < -0.3 is 9.84 Å². The Morgan fingerprint density at radius 1 is 1.41 bits per heavy atom. The van der Waals surface area contributed by atoms with Crippen molar-refractivity contribution in [3.63, 3.8) is 0 Å². The molecule has 0 bridgehead atoms. The van der Waals surface area contributed by atoms with E-state index in [0.717, 1.165) is 5.56 Å². The lowest BCUT2D eigenvalue weighted by Crippen LogP contribution is -2.33. The number of benzene rings is 1. The third-order valence-electron chi connectivity index (χ3n) is 3.69. The first-order valence-corrected chi connectivity index (χ1v) is 6.94. The maximum absolute atomic E-state index is 12.9. The summed E-state index contributed by atoms with van der Waals surface area (Å²) >= 11 is 0. The zero-order chi connectivity index (χ0) is 15.9. The molecule has 0 aliphatic heterocycles. The Morgan fingerprint density at radius 2 is 2.14 bits per heavy atom. The van der Waals surface area contributed by atoms with Crippen molar-refractivity contribution in [2.45, 2.75) is 38.5 Å². The number of nitrogens with zero attached hydrogens (tertiary/aromatic N) is 2. The van der Waals surface area contributed by atoms with Crippen molar-refractivity contribution in [2.75, 3.05) is 5.32 Å². The summed E-state index contributed by atoms with van der Waals surface area (Å²) < 4.78 is 30.9. The normalized spacial score (nSPS) is 17.1. The quantitative estimate of drug-likeness (QED) is 0.942. The minimum absolute atomic E-state index is 0.175. The summed E-state index contributed by atoms with van der Waals surface area (Å²) in [5, 5.41) is 6.56. The van der Waals surface area contributed by atoms with E-state index < -0.39 is 5.92 Å². The zero-order valence-corrected chi connectivity index (χ0v) is 12.2. The molecule has 2 aromatic rings. The molecule has 0 radical (unpaired) electrons. The van der Waals surface area contributed by atoms with Crippen LogP contribution in [0.15, 0.2) is 22.7 Å². The van der Waals surface area contributed by atoms with E-state index in [-0.39, 0.29) is 30.6 Å². The molecule has 1 heterocycles. The van der Waals surface area contributed by atoms with Crippen LogP contribution in [0.25, 0.3) is 11.4 Å². The molecule has 22 heavy (non-hydrogen) atoms. The smallest absolute Gasteiger partial charge is 0.249 e. The molecule has 1 amide bonds. The molecule has 1 aliphatic rings. The second-order valence-corrected chi connectivity index (χ2v) is 5.63. The van der Waals surface area contributed by atoms with Crippen molar-refractivity contribution < 1.29 is 18.1 Å². The number of carbonyl (C=O) groups excluding carboxylic acids is 1. The van der Waals surface area contributed by atoms with E-state index in [1.54, 1.807) is 12.1 Å². The van der Waals surface area contributed by atoms with Gasteiger partial charge >= 0.3 is 0 Å². The van der Waals surface area contributed by atoms with Crippen molar-refractivity contribution in [3.8, 4) is 11.4 Å². The van der Waals surface area contributed by atoms with Crippen LogP contribution in [0.3, 0.4) is 0 Å². The van der Waals surface area contributed by atoms with Gasteiger partial charge in [-0.2, -0.15) is 4.98 Å². The number of aryl methyl sites for hydroxylation is 1. The van der Waals surface area contributed by atoms with Crippen LogP contribution < -0.4 is 5.32 Å². The van der Waals surface area contributed by atoms with Gasteiger partial charge in [0.25, 0.3) is 0 Å². The third kappa shape index (κ3) is 2.84. The van der Waals surface area contributed by atoms with Gasteiger partial charge in [0.05, 0.1) is 0 Å². The number of carbonyl (C=O) groups is 1. The van der Waals surface area contributed by atoms with Gasteiger partial charge in [-0.3, -0.25) is 4.79 Å². The number of aromatic nitrogens is 2. The van der Waals surface area contributed by atoms with Crippen LogP contribution in [0.1, 0.15) is 37.1 Å². The number of hydrogen-bond acceptors (Lipinski definition) is 4. The fourth-order valence-electron chi connectivity index (χ4n) is 2.44. The van der Waals surface area contributed by atoms with E-state index >= 15 is 0 Å². The predicted molar refractivity (Wildman–Crippen MR) is 75.7 cm³/mol. The standard InChI is InChI=1S/C15H15F2N3O2/c1-8-3-4-10(5-12(8)18-9(2)21)13-19-14(22-20-13)11-6-15(16,17)7-11/h3-5,11H,6-7H2,1-2H3,(H,18,21). The monoisotopic (exact) mass is 307 g/mol. The fourth-order valence-corrected chi connectivity index (χ4v) is 2.44. The molecule has 3 rings (SSSR count). The SMILES string of the molecule is CC(=O)Nc1cc(-c2noc(C3CC(F)(F)C3)n2)ccc1C. The van der Waals surface area contributed by atoms with Gasteiger partial charge in [-0.05, 0) is 18.6 Å². The van der Waals surface area contributed by atoms with Gasteiger partial charge in [-0.15, -0.1) is 0 Å². The van der Waals surface area contributed by atoms with Gasteiger partial charge in [-0.25, -0.2) is 8.78 Å². The number of amides is 1. The van der Waals surface area contributed by atoms with Crippen molar-refractivity contribution >= 4 is 11.6 Å². The number of anilines is 1. The molecule has 1 N–H and O–H groups in total. The van der Waals surface area contributed by atoms with Crippen molar-refractivity contribution in [1.82, 2.24) is 10.1 Å². The highest BCUT2D eigenvalue weighted by molar-refractivity contribution is 5.90. The summed E-state index contributed by atoms with van der Waals surface area (Å²) in [6.07, 6.45) is -0.501. The van der Waals surface area contributed by atoms with Crippen molar-refractivity contribution in [3.05, 3.63) is 29.7 Å². The lowest BCUT2D eigenvalue weighted by atomic mass is 9.81. The number of rotatable bonds is 3. The maximum atomic E-state index is 12.9. The van der Waals surface area contributed by atoms with Crippen LogP contribution in [0.4, 0.5) is 14.5 Å². The molecule has 0 atom stereocenters. The number of halogens is 2. The highest BCUT2D eigenvalue weighted by Gasteiger charge is 2.48. The Kier molecular flexibility index (Phi) is 3.42. The largest absolute Gasteiger partial charge is 0.339 e. The van der Waals surface area contributed by atoms with Gasteiger partial charge in [0.15, 0.2) is 0 Å². The average Bonchev–Trinajstić information content (AvgIpc) is 2.87. The van der Waals surface area contributed by atoms with E-state index in [1.165, 1.54) is 6.92 Å². The summed E-state index contributed by atoms with van der Waals surface area (Å²) in [6, 6.07) is 5.36. The second kappa shape index (κ2) is 5.15. The Morgan fingerprint density at radius 3 is 2.77 bits per heavy atom. The van der Waals surface area contributed by atoms with Crippen LogP contribution in [0.2, 0.25) is 0 Å². The van der Waals surface area contributed by atoms with Crippen LogP contribution in [0, 0.1) is 6.92 Å². The van der Waals surface area contributed by atoms with Crippen LogP contribution >= 0.6 is 0 Å². The van der Waals surface area contributed by atoms with Gasteiger partial charge in [0, 0.05) is 36.9 Å². The third-order valence-corrected chi connectivity index (χ3v) is 3.69. The maximum Gasteiger partial charge on any atom is 0.249 e. The Bertz CT molecular complexity index is 719. The lowest BCUT2D eigenvalue weighted by molar-refractivity contribution is -0.114. The number of nitrogens with one attached hydrogen (secondary N) is 1. The Hall–Kier alpha value is -2.31. The summed E-state index contributed by atoms with van der Waals surface area (Å²) in [5.41, 5.74) is 2.23. The van der Waals surface area contributed by atoms with Crippen LogP contribution in [0.5, 0.6) is 0 Å². The minimum Gasteiger partial charge on any atom is -0.339 e. The average molecular weight is 307 g/mol. The summed E-state index contributed by atoms with van der Waals surface area (Å²) in [7, 11) is 0. The van der Waals surface area contributed by atoms with Crippen molar-refractivity contribution in [1.29, 1.82) is 0 Å². The molecular formula is C15H15F2N3O2. The highest BCUT2D eigenvalue weighted by atomic mass is 19.3. The zero-order valence-electron chi connectivity index (χ0n) is 12.2. The summed E-state index contributed by atoms with van der Waals surface area (Å²) in [5.74, 6) is -2.61. The minimum atomic E-state index is -2.62. The Balaban J connectivity index is 1.83. The number of alkyl halides is 2. The summed E-state index contributed by atoms with van der Waals surface area (Å²) in [6.45, 7) is 3.29. The van der Waals surface area contributed by atoms with E-state index in [0.29, 0.717) is 17.1 Å². The molecule has 0 spiro atoms. The highest BCUT2D eigenvalue weighted by Crippen LogP contribution is 2.47. The molecule has 7 heteroatoms. The topological polar surface area (TPSA) is 68.0 Å². The molecule has 1 saturated carbocycles. The molecule has 116 valence electrons. The number of hydrogen-bond donors (Lipinski definition) is 1. The van der Waals surface area contributed by atoms with E-state index in [4.69, 9.17) is 4.52 Å². The second-order valence-electron chi connectivity index (χ2n) is 5.63.